The maximum Gasteiger partial charge on any atom is 0.108 e. The van der Waals surface area contributed by atoms with Gasteiger partial charge in [-0.15, -0.1) is 0 Å². The summed E-state index contributed by atoms with van der Waals surface area (Å²) >= 11 is 0. The molecule has 0 unspecified atom stereocenters. The third kappa shape index (κ3) is 3.00. The van der Waals surface area contributed by atoms with Gasteiger partial charge in [0.1, 0.15) is 8.07 Å². The lowest BCUT2D eigenvalue weighted by atomic mass is 10.1. The molecule has 0 N–H and O–H groups in total. The molecule has 1 aliphatic rings. The van der Waals surface area contributed by atoms with Gasteiger partial charge in [-0.1, -0.05) is 95.8 Å². The summed E-state index contributed by atoms with van der Waals surface area (Å²) in [5, 5.41) is 3.24. The predicted molar refractivity (Wildman–Crippen MR) is 99.2 cm³/mol. The third-order valence-electron chi connectivity index (χ3n) is 4.79. The van der Waals surface area contributed by atoms with Gasteiger partial charge >= 0.3 is 0 Å². The number of hydrogen-bond donors (Lipinski definition) is 0. The van der Waals surface area contributed by atoms with E-state index >= 15 is 0 Å². The molecule has 1 heteroatoms. The van der Waals surface area contributed by atoms with Crippen LogP contribution in [0.1, 0.15) is 17.5 Å². The Labute approximate surface area is 135 Å². The molecule has 0 saturated carbocycles. The van der Waals surface area contributed by atoms with E-state index in [1.54, 1.807) is 16.0 Å². The van der Waals surface area contributed by atoms with Crippen LogP contribution in [0.5, 0.6) is 0 Å². The lowest BCUT2D eigenvalue weighted by molar-refractivity contribution is 1.18. The van der Waals surface area contributed by atoms with Crippen molar-refractivity contribution in [1.82, 2.24) is 0 Å². The van der Waals surface area contributed by atoms with Crippen LogP contribution in [0.3, 0.4) is 0 Å². The molecular formula is C21H24Si. The maximum absolute atomic E-state index is 2.49. The third-order valence-corrected chi connectivity index (χ3v) is 8.60. The van der Waals surface area contributed by atoms with Gasteiger partial charge < -0.3 is 0 Å². The zero-order valence-electron chi connectivity index (χ0n) is 13.8. The SMILES string of the molecule is Cc1ccc([Si](C)(C)C2=C(Cc3ccccc3)C=CC2)cc1. The number of allylic oxidation sites excluding steroid dienone is 4. The van der Waals surface area contributed by atoms with Crippen LogP contribution in [0.4, 0.5) is 0 Å². The number of benzene rings is 2. The second kappa shape index (κ2) is 6.10. The van der Waals surface area contributed by atoms with Gasteiger partial charge in [-0.05, 0) is 30.9 Å². The first-order valence-corrected chi connectivity index (χ1v) is 11.1. The molecule has 0 bridgehead atoms. The van der Waals surface area contributed by atoms with Crippen LogP contribution in [0, 0.1) is 6.92 Å². The summed E-state index contributed by atoms with van der Waals surface area (Å²) in [6.45, 7) is 7.14. The average molecular weight is 305 g/mol. The van der Waals surface area contributed by atoms with Gasteiger partial charge in [-0.2, -0.15) is 0 Å². The van der Waals surface area contributed by atoms with E-state index < -0.39 is 8.07 Å². The molecule has 0 aromatic heterocycles. The molecule has 0 atom stereocenters. The minimum absolute atomic E-state index is 1.06. The molecule has 0 amide bonds. The summed E-state index contributed by atoms with van der Waals surface area (Å²) in [5.74, 6) is 0. The molecule has 0 aliphatic heterocycles. The van der Waals surface area contributed by atoms with E-state index in [2.05, 4.69) is 86.8 Å². The van der Waals surface area contributed by atoms with Crippen LogP contribution in [-0.2, 0) is 6.42 Å². The Hall–Kier alpha value is -1.86. The monoisotopic (exact) mass is 304 g/mol. The summed E-state index contributed by atoms with van der Waals surface area (Å²) in [4.78, 5) is 0. The van der Waals surface area contributed by atoms with E-state index in [0.717, 1.165) is 12.8 Å². The maximum atomic E-state index is 2.49. The molecule has 0 radical (unpaired) electrons. The minimum atomic E-state index is -1.57. The van der Waals surface area contributed by atoms with Gasteiger partial charge in [0.15, 0.2) is 0 Å². The Morgan fingerprint density at radius 1 is 0.909 bits per heavy atom. The molecule has 1 aliphatic carbocycles. The Kier molecular flexibility index (Phi) is 4.17. The van der Waals surface area contributed by atoms with Crippen molar-refractivity contribution >= 4 is 13.3 Å². The normalized spacial score (nSPS) is 14.7. The highest BCUT2D eigenvalue weighted by Gasteiger charge is 2.31. The number of aryl methyl sites for hydroxylation is 1. The van der Waals surface area contributed by atoms with Crippen molar-refractivity contribution in [3.8, 4) is 0 Å². The van der Waals surface area contributed by atoms with Crippen LogP contribution in [0.25, 0.3) is 0 Å². The fourth-order valence-corrected chi connectivity index (χ4v) is 6.28. The molecule has 0 heterocycles. The van der Waals surface area contributed by atoms with Crippen LogP contribution >= 0.6 is 0 Å². The smallest absolute Gasteiger partial charge is 0.0806 e. The summed E-state index contributed by atoms with van der Waals surface area (Å²) in [6, 6.07) is 20.0. The van der Waals surface area contributed by atoms with E-state index in [-0.39, 0.29) is 0 Å². The Bertz CT molecular complexity index is 703. The zero-order valence-corrected chi connectivity index (χ0v) is 14.8. The molecule has 3 rings (SSSR count). The van der Waals surface area contributed by atoms with Crippen molar-refractivity contribution in [3.63, 3.8) is 0 Å². The van der Waals surface area contributed by atoms with Gasteiger partial charge in [0.2, 0.25) is 0 Å². The molecule has 2 aromatic carbocycles. The van der Waals surface area contributed by atoms with Crippen LogP contribution in [0.2, 0.25) is 13.1 Å². The lowest BCUT2D eigenvalue weighted by Gasteiger charge is -2.27. The largest absolute Gasteiger partial charge is 0.108 e. The summed E-state index contributed by atoms with van der Waals surface area (Å²) in [5.41, 5.74) is 4.30. The van der Waals surface area contributed by atoms with Crippen molar-refractivity contribution in [1.29, 1.82) is 0 Å². The highest BCUT2D eigenvalue weighted by atomic mass is 28.3. The molecule has 22 heavy (non-hydrogen) atoms. The first-order valence-electron chi connectivity index (χ1n) is 8.07. The first-order chi connectivity index (χ1) is 10.6. The van der Waals surface area contributed by atoms with Crippen molar-refractivity contribution in [2.24, 2.45) is 0 Å². The lowest BCUT2D eigenvalue weighted by Crippen LogP contribution is -2.44. The van der Waals surface area contributed by atoms with Crippen LogP contribution in [-0.4, -0.2) is 8.07 Å². The predicted octanol–water partition coefficient (Wildman–Crippen LogP) is 4.95. The minimum Gasteiger partial charge on any atom is -0.0806 e. The Balaban J connectivity index is 1.94. The van der Waals surface area contributed by atoms with Crippen LogP contribution < -0.4 is 5.19 Å². The molecule has 0 nitrogen and oxygen atoms in total. The standard InChI is InChI=1S/C21H24Si/c1-17-12-14-20(15-13-17)22(2,3)21-11-7-10-19(21)16-18-8-5-4-6-9-18/h4-10,12-15H,11,16H2,1-3H3. The zero-order chi connectivity index (χ0) is 15.6. The van der Waals surface area contributed by atoms with Gasteiger partial charge in [0, 0.05) is 0 Å². The van der Waals surface area contributed by atoms with E-state index in [1.165, 1.54) is 11.1 Å². The second-order valence-corrected chi connectivity index (χ2v) is 11.2. The van der Waals surface area contributed by atoms with Gasteiger partial charge in [0.25, 0.3) is 0 Å². The van der Waals surface area contributed by atoms with Crippen molar-refractivity contribution < 1.29 is 0 Å². The van der Waals surface area contributed by atoms with E-state index in [1.807, 2.05) is 0 Å². The van der Waals surface area contributed by atoms with Gasteiger partial charge in [-0.25, -0.2) is 0 Å². The highest BCUT2D eigenvalue weighted by Crippen LogP contribution is 2.30. The second-order valence-electron chi connectivity index (χ2n) is 6.76. The van der Waals surface area contributed by atoms with Gasteiger partial charge in [0.05, 0.1) is 0 Å². The van der Waals surface area contributed by atoms with Crippen LogP contribution in [0.15, 0.2) is 77.5 Å². The molecular weight excluding hydrogens is 280 g/mol. The fourth-order valence-electron chi connectivity index (χ4n) is 3.33. The van der Waals surface area contributed by atoms with Crippen molar-refractivity contribution in [2.75, 3.05) is 0 Å². The molecule has 2 aromatic rings. The molecule has 0 spiro atoms. The average Bonchev–Trinajstić information content (AvgIpc) is 2.98. The molecule has 0 saturated heterocycles. The Morgan fingerprint density at radius 2 is 1.59 bits per heavy atom. The molecule has 112 valence electrons. The highest BCUT2D eigenvalue weighted by molar-refractivity contribution is 6.95. The Morgan fingerprint density at radius 3 is 2.27 bits per heavy atom. The van der Waals surface area contributed by atoms with Gasteiger partial charge in [-0.3, -0.25) is 0 Å². The summed E-state index contributed by atoms with van der Waals surface area (Å²) in [6.07, 6.45) is 6.89. The number of hydrogen-bond acceptors (Lipinski definition) is 0. The van der Waals surface area contributed by atoms with E-state index in [4.69, 9.17) is 0 Å². The van der Waals surface area contributed by atoms with E-state index in [0.29, 0.717) is 0 Å². The van der Waals surface area contributed by atoms with Crippen molar-refractivity contribution in [2.45, 2.75) is 32.9 Å². The molecule has 0 fully saturated rings. The fraction of sp³-hybridized carbons (Fsp3) is 0.238. The quantitative estimate of drug-likeness (QED) is 0.701. The first kappa shape index (κ1) is 15.0. The van der Waals surface area contributed by atoms with Crippen molar-refractivity contribution in [3.05, 3.63) is 88.6 Å². The number of rotatable bonds is 4. The summed E-state index contributed by atoms with van der Waals surface area (Å²) in [7, 11) is -1.57. The topological polar surface area (TPSA) is 0 Å². The summed E-state index contributed by atoms with van der Waals surface area (Å²) < 4.78 is 0. The van der Waals surface area contributed by atoms with E-state index in [9.17, 15) is 0 Å².